The first-order valence-corrected chi connectivity index (χ1v) is 5.55. The number of hydrogen-bond donors (Lipinski definition) is 2. The molecule has 2 heterocycles. The van der Waals surface area contributed by atoms with E-state index in [1.54, 1.807) is 13.8 Å². The van der Waals surface area contributed by atoms with E-state index in [4.69, 9.17) is 24.8 Å². The maximum atomic E-state index is 11.7. The highest BCUT2D eigenvalue weighted by atomic mass is 16.8. The Hall–Kier alpha value is -1.80. The number of cyclic esters (lactones) is 1. The fourth-order valence-corrected chi connectivity index (χ4v) is 1.97. The SMILES string of the molecule is CC1(C)OC2=C(N=[N+]=[N-])C(=O)O[C@H]([C@@H](O)CO)[C@H]2O1. The highest BCUT2D eigenvalue weighted by molar-refractivity contribution is 5.90. The van der Waals surface area contributed by atoms with Crippen LogP contribution in [-0.2, 0) is 19.0 Å². The Morgan fingerprint density at radius 3 is 2.84 bits per heavy atom. The largest absolute Gasteiger partial charge is 0.464 e. The molecular formula is C10H13N3O6. The fourth-order valence-electron chi connectivity index (χ4n) is 1.97. The van der Waals surface area contributed by atoms with Gasteiger partial charge in [-0.3, -0.25) is 0 Å². The number of aliphatic hydroxyl groups is 2. The molecule has 0 radical (unpaired) electrons. The van der Waals surface area contributed by atoms with Gasteiger partial charge < -0.3 is 24.4 Å². The van der Waals surface area contributed by atoms with Gasteiger partial charge in [0.15, 0.2) is 17.9 Å². The molecule has 2 rings (SSSR count). The topological polar surface area (TPSA) is 134 Å². The summed E-state index contributed by atoms with van der Waals surface area (Å²) in [6, 6.07) is 0. The Labute approximate surface area is 108 Å². The normalized spacial score (nSPS) is 30.0. The van der Waals surface area contributed by atoms with Crippen LogP contribution in [0.3, 0.4) is 0 Å². The lowest BCUT2D eigenvalue weighted by Crippen LogP contribution is -2.47. The number of azide groups is 1. The van der Waals surface area contributed by atoms with Crippen LogP contribution in [0.25, 0.3) is 10.4 Å². The molecule has 0 spiro atoms. The van der Waals surface area contributed by atoms with Crippen LogP contribution in [-0.4, -0.2) is 46.9 Å². The number of fused-ring (bicyclic) bond motifs is 1. The average Bonchev–Trinajstić information content (AvgIpc) is 2.67. The summed E-state index contributed by atoms with van der Waals surface area (Å²) in [5, 5.41) is 21.8. The van der Waals surface area contributed by atoms with Crippen molar-refractivity contribution in [2.24, 2.45) is 5.11 Å². The monoisotopic (exact) mass is 271 g/mol. The Kier molecular flexibility index (Phi) is 3.38. The van der Waals surface area contributed by atoms with E-state index in [1.807, 2.05) is 0 Å². The van der Waals surface area contributed by atoms with E-state index < -0.39 is 36.7 Å². The van der Waals surface area contributed by atoms with Gasteiger partial charge in [0, 0.05) is 18.8 Å². The van der Waals surface area contributed by atoms with Crippen molar-refractivity contribution in [3.63, 3.8) is 0 Å². The third-order valence-electron chi connectivity index (χ3n) is 2.70. The molecule has 2 aliphatic rings. The molecule has 2 N–H and O–H groups in total. The van der Waals surface area contributed by atoms with E-state index in [9.17, 15) is 9.90 Å². The van der Waals surface area contributed by atoms with Crippen molar-refractivity contribution in [2.75, 3.05) is 6.61 Å². The minimum absolute atomic E-state index is 0.0107. The van der Waals surface area contributed by atoms with Crippen molar-refractivity contribution >= 4 is 5.97 Å². The molecule has 0 amide bonds. The maximum absolute atomic E-state index is 11.7. The first-order chi connectivity index (χ1) is 8.89. The summed E-state index contributed by atoms with van der Waals surface area (Å²) in [5.74, 6) is -1.98. The molecule has 0 unspecified atom stereocenters. The van der Waals surface area contributed by atoms with Gasteiger partial charge in [0.1, 0.15) is 11.9 Å². The predicted octanol–water partition coefficient (Wildman–Crippen LogP) is -0.0616. The second-order valence-electron chi connectivity index (χ2n) is 4.56. The lowest BCUT2D eigenvalue weighted by atomic mass is 10.0. The molecule has 0 aromatic rings. The standard InChI is InChI=1S/C10H13N3O6/c1-10(2)18-7-5(12-13-11)9(16)17-6(4(15)3-14)8(7)19-10/h4,6,8,14-15H,3H2,1-2H3/t4-,6+,8+/m0/s1. The van der Waals surface area contributed by atoms with E-state index in [2.05, 4.69) is 10.0 Å². The molecule has 3 atom stereocenters. The molecule has 0 aromatic carbocycles. The molecule has 9 nitrogen and oxygen atoms in total. The van der Waals surface area contributed by atoms with Gasteiger partial charge in [0.2, 0.25) is 5.79 Å². The number of rotatable bonds is 3. The molecule has 19 heavy (non-hydrogen) atoms. The van der Waals surface area contributed by atoms with Gasteiger partial charge in [-0.25, -0.2) is 4.79 Å². The van der Waals surface area contributed by atoms with E-state index in [1.165, 1.54) is 0 Å². The average molecular weight is 271 g/mol. The number of esters is 1. The molecule has 0 bridgehead atoms. The van der Waals surface area contributed by atoms with Gasteiger partial charge in [-0.15, -0.1) is 0 Å². The molecule has 104 valence electrons. The summed E-state index contributed by atoms with van der Waals surface area (Å²) in [6.07, 6.45) is -3.36. The van der Waals surface area contributed by atoms with Crippen LogP contribution in [0.5, 0.6) is 0 Å². The second-order valence-corrected chi connectivity index (χ2v) is 4.56. The molecule has 0 aromatic heterocycles. The summed E-state index contributed by atoms with van der Waals surface area (Å²) < 4.78 is 15.8. The second kappa shape index (κ2) is 4.71. The molecule has 9 heteroatoms. The first kappa shape index (κ1) is 13.6. The van der Waals surface area contributed by atoms with Crippen LogP contribution < -0.4 is 0 Å². The highest BCUT2D eigenvalue weighted by Crippen LogP contribution is 2.39. The van der Waals surface area contributed by atoms with Crippen molar-refractivity contribution in [1.82, 2.24) is 0 Å². The van der Waals surface area contributed by atoms with Crippen molar-refractivity contribution in [3.8, 4) is 0 Å². The Morgan fingerprint density at radius 2 is 2.26 bits per heavy atom. The predicted molar refractivity (Wildman–Crippen MR) is 59.2 cm³/mol. The van der Waals surface area contributed by atoms with Crippen LogP contribution in [0.2, 0.25) is 0 Å². The number of nitrogens with zero attached hydrogens (tertiary/aromatic N) is 3. The Balaban J connectivity index is 2.46. The minimum atomic E-state index is -1.32. The van der Waals surface area contributed by atoms with Crippen molar-refractivity contribution in [1.29, 1.82) is 0 Å². The zero-order chi connectivity index (χ0) is 14.2. The first-order valence-electron chi connectivity index (χ1n) is 5.55. The van der Waals surface area contributed by atoms with Gasteiger partial charge >= 0.3 is 5.97 Å². The van der Waals surface area contributed by atoms with E-state index in [-0.39, 0.29) is 11.5 Å². The molecule has 0 aliphatic carbocycles. The lowest BCUT2D eigenvalue weighted by Gasteiger charge is -2.29. The third kappa shape index (κ3) is 2.36. The molecule has 1 saturated heterocycles. The van der Waals surface area contributed by atoms with Crippen LogP contribution in [0, 0.1) is 0 Å². The highest BCUT2D eigenvalue weighted by Gasteiger charge is 2.51. The fraction of sp³-hybridized carbons (Fsp3) is 0.700. The van der Waals surface area contributed by atoms with Gasteiger partial charge in [0.25, 0.3) is 0 Å². The van der Waals surface area contributed by atoms with E-state index >= 15 is 0 Å². The van der Waals surface area contributed by atoms with Gasteiger partial charge in [-0.2, -0.15) is 0 Å². The summed E-state index contributed by atoms with van der Waals surface area (Å²) in [6.45, 7) is 2.58. The van der Waals surface area contributed by atoms with Crippen LogP contribution in [0.4, 0.5) is 0 Å². The van der Waals surface area contributed by atoms with Crippen molar-refractivity contribution in [2.45, 2.75) is 37.9 Å². The van der Waals surface area contributed by atoms with E-state index in [0.29, 0.717) is 0 Å². The van der Waals surface area contributed by atoms with Gasteiger partial charge in [0.05, 0.1) is 6.61 Å². The molecular weight excluding hydrogens is 258 g/mol. The number of carbonyl (C=O) groups is 1. The lowest BCUT2D eigenvalue weighted by molar-refractivity contribution is -0.181. The molecule has 1 fully saturated rings. The van der Waals surface area contributed by atoms with Crippen LogP contribution in [0.1, 0.15) is 13.8 Å². The Morgan fingerprint density at radius 1 is 1.58 bits per heavy atom. The number of carbonyl (C=O) groups excluding carboxylic acids is 1. The number of aliphatic hydroxyl groups excluding tert-OH is 2. The smallest absolute Gasteiger partial charge is 0.344 e. The van der Waals surface area contributed by atoms with Crippen LogP contribution in [0.15, 0.2) is 16.6 Å². The maximum Gasteiger partial charge on any atom is 0.344 e. The quantitative estimate of drug-likeness (QED) is 0.319. The van der Waals surface area contributed by atoms with E-state index in [0.717, 1.165) is 0 Å². The number of ether oxygens (including phenoxy) is 3. The molecule has 0 saturated carbocycles. The Bertz CT molecular complexity index is 482. The summed E-state index contributed by atoms with van der Waals surface area (Å²) in [7, 11) is 0. The van der Waals surface area contributed by atoms with Crippen molar-refractivity contribution < 1.29 is 29.2 Å². The van der Waals surface area contributed by atoms with Gasteiger partial charge in [-0.05, 0) is 10.6 Å². The number of hydrogen-bond acceptors (Lipinski definition) is 7. The van der Waals surface area contributed by atoms with Crippen molar-refractivity contribution in [3.05, 3.63) is 21.9 Å². The zero-order valence-electron chi connectivity index (χ0n) is 10.3. The zero-order valence-corrected chi connectivity index (χ0v) is 10.3. The summed E-state index contributed by atoms with van der Waals surface area (Å²) in [5.41, 5.74) is 8.10. The van der Waals surface area contributed by atoms with Crippen LogP contribution >= 0.6 is 0 Å². The minimum Gasteiger partial charge on any atom is -0.464 e. The molecule has 2 aliphatic heterocycles. The van der Waals surface area contributed by atoms with Gasteiger partial charge in [-0.1, -0.05) is 0 Å². The summed E-state index contributed by atoms with van der Waals surface area (Å²) in [4.78, 5) is 14.2. The third-order valence-corrected chi connectivity index (χ3v) is 2.70. The summed E-state index contributed by atoms with van der Waals surface area (Å²) >= 11 is 0.